The lowest BCUT2D eigenvalue weighted by Crippen LogP contribution is -1.88. The highest BCUT2D eigenvalue weighted by molar-refractivity contribution is 7.99. The molecule has 1 aromatic rings. The van der Waals surface area contributed by atoms with Crippen LogP contribution in [0.2, 0.25) is 0 Å². The van der Waals surface area contributed by atoms with Crippen molar-refractivity contribution < 1.29 is 0 Å². The summed E-state index contributed by atoms with van der Waals surface area (Å²) >= 11 is 1.76. The van der Waals surface area contributed by atoms with E-state index < -0.39 is 0 Å². The largest absolute Gasteiger partial charge is 0.231 e. The summed E-state index contributed by atoms with van der Waals surface area (Å²) in [6.07, 6.45) is 9.38. The number of rotatable bonds is 4. The van der Waals surface area contributed by atoms with E-state index in [0.717, 1.165) is 22.7 Å². The number of thioether (sulfide) groups is 1. The van der Waals surface area contributed by atoms with Crippen molar-refractivity contribution in [1.82, 2.24) is 9.97 Å². The summed E-state index contributed by atoms with van der Waals surface area (Å²) in [6, 6.07) is 1.85. The molecule has 0 bridgehead atoms. The van der Waals surface area contributed by atoms with E-state index in [1.807, 2.05) is 6.07 Å². The van der Waals surface area contributed by atoms with Crippen LogP contribution >= 0.6 is 11.8 Å². The molecule has 0 aliphatic heterocycles. The molecule has 2 nitrogen and oxygen atoms in total. The van der Waals surface area contributed by atoms with Gasteiger partial charge in [-0.25, -0.2) is 9.97 Å². The monoisotopic (exact) mass is 206 g/mol. The maximum Gasteiger partial charge on any atom is 0.187 e. The second-order valence-electron chi connectivity index (χ2n) is 3.53. The summed E-state index contributed by atoms with van der Waals surface area (Å²) in [4.78, 5) is 8.37. The zero-order valence-corrected chi connectivity index (χ0v) is 9.07. The van der Waals surface area contributed by atoms with Crippen molar-refractivity contribution in [3.8, 4) is 0 Å². The second-order valence-corrected chi connectivity index (χ2v) is 4.51. The molecule has 1 aliphatic rings. The Kier molecular flexibility index (Phi) is 3.19. The third kappa shape index (κ3) is 2.58. The Morgan fingerprint density at radius 1 is 1.50 bits per heavy atom. The zero-order valence-electron chi connectivity index (χ0n) is 8.26. The minimum atomic E-state index is 0.816. The smallest absolute Gasteiger partial charge is 0.187 e. The average Bonchev–Trinajstić information content (AvgIpc) is 2.96. The summed E-state index contributed by atoms with van der Waals surface area (Å²) < 4.78 is 0. The van der Waals surface area contributed by atoms with Crippen LogP contribution in [0.4, 0.5) is 0 Å². The third-order valence-electron chi connectivity index (χ3n) is 2.39. The molecule has 74 valence electrons. The van der Waals surface area contributed by atoms with E-state index >= 15 is 0 Å². The normalized spacial score (nSPS) is 25.5. The molecule has 2 rings (SSSR count). The van der Waals surface area contributed by atoms with Gasteiger partial charge in [0.15, 0.2) is 5.16 Å². The Balaban J connectivity index is 1.75. The van der Waals surface area contributed by atoms with Crippen molar-refractivity contribution in [3.63, 3.8) is 0 Å². The van der Waals surface area contributed by atoms with Crippen molar-refractivity contribution in [2.24, 2.45) is 11.8 Å². The lowest BCUT2D eigenvalue weighted by atomic mass is 10.3. The predicted octanol–water partition coefficient (Wildman–Crippen LogP) is 2.78. The van der Waals surface area contributed by atoms with Crippen molar-refractivity contribution in [2.75, 3.05) is 5.75 Å². The summed E-state index contributed by atoms with van der Waals surface area (Å²) in [6.45, 7) is 2.09. The van der Waals surface area contributed by atoms with Crippen molar-refractivity contribution in [3.05, 3.63) is 30.6 Å². The van der Waals surface area contributed by atoms with Crippen LogP contribution in [0.3, 0.4) is 0 Å². The van der Waals surface area contributed by atoms with Crippen LogP contribution in [-0.2, 0) is 0 Å². The Hall–Kier alpha value is -0.830. The molecular formula is C11H14N2S. The van der Waals surface area contributed by atoms with Crippen LogP contribution in [0.5, 0.6) is 0 Å². The Morgan fingerprint density at radius 3 is 3.00 bits per heavy atom. The van der Waals surface area contributed by atoms with Gasteiger partial charge in [-0.05, 0) is 31.2 Å². The molecule has 0 saturated heterocycles. The van der Waals surface area contributed by atoms with Gasteiger partial charge in [-0.3, -0.25) is 0 Å². The van der Waals surface area contributed by atoms with E-state index in [0.29, 0.717) is 0 Å². The van der Waals surface area contributed by atoms with Crippen molar-refractivity contribution >= 4 is 11.8 Å². The third-order valence-corrected chi connectivity index (χ3v) is 3.45. The van der Waals surface area contributed by atoms with Gasteiger partial charge >= 0.3 is 0 Å². The van der Waals surface area contributed by atoms with Gasteiger partial charge in [-0.2, -0.15) is 0 Å². The van der Waals surface area contributed by atoms with Crippen LogP contribution in [0.25, 0.3) is 0 Å². The van der Waals surface area contributed by atoms with Gasteiger partial charge in [0, 0.05) is 18.1 Å². The summed E-state index contributed by atoms with van der Waals surface area (Å²) in [5.41, 5.74) is 0. The molecule has 3 heteroatoms. The molecule has 1 fully saturated rings. The first-order chi connectivity index (χ1) is 6.90. The van der Waals surface area contributed by atoms with Gasteiger partial charge in [-0.1, -0.05) is 23.9 Å². The zero-order chi connectivity index (χ0) is 9.80. The topological polar surface area (TPSA) is 25.8 Å². The van der Waals surface area contributed by atoms with Gasteiger partial charge in [0.25, 0.3) is 0 Å². The molecule has 2 unspecified atom stereocenters. The van der Waals surface area contributed by atoms with Crippen LogP contribution in [-0.4, -0.2) is 15.7 Å². The first-order valence-electron chi connectivity index (χ1n) is 4.93. The molecule has 0 spiro atoms. The van der Waals surface area contributed by atoms with Crippen molar-refractivity contribution in [2.45, 2.75) is 18.5 Å². The molecular weight excluding hydrogens is 192 g/mol. The van der Waals surface area contributed by atoms with E-state index in [4.69, 9.17) is 0 Å². The quantitative estimate of drug-likeness (QED) is 0.430. The molecule has 0 aromatic carbocycles. The second kappa shape index (κ2) is 4.60. The Bertz CT molecular complexity index is 310. The maximum atomic E-state index is 4.18. The fourth-order valence-electron chi connectivity index (χ4n) is 1.49. The minimum Gasteiger partial charge on any atom is -0.231 e. The van der Waals surface area contributed by atoms with Gasteiger partial charge in [0.1, 0.15) is 0 Å². The molecule has 14 heavy (non-hydrogen) atoms. The van der Waals surface area contributed by atoms with Gasteiger partial charge in [-0.15, -0.1) is 0 Å². The standard InChI is InChI=1S/C11H14N2S/c1-2-4-9-7-10(9)8-14-11-12-5-3-6-13-11/h2-6,9-10H,7-8H2,1H3/b4-2+. The fourth-order valence-corrected chi connectivity index (χ4v) is 2.50. The molecule has 0 radical (unpaired) electrons. The lowest BCUT2D eigenvalue weighted by molar-refractivity contribution is 0.899. The number of hydrogen-bond donors (Lipinski definition) is 0. The first kappa shape index (κ1) is 9.71. The molecule has 1 aromatic heterocycles. The highest BCUT2D eigenvalue weighted by Crippen LogP contribution is 2.42. The Morgan fingerprint density at radius 2 is 2.29 bits per heavy atom. The average molecular weight is 206 g/mol. The van der Waals surface area contributed by atoms with Crippen LogP contribution in [0, 0.1) is 11.8 Å². The van der Waals surface area contributed by atoms with E-state index in [-0.39, 0.29) is 0 Å². The summed E-state index contributed by atoms with van der Waals surface area (Å²) in [5.74, 6) is 2.81. The first-order valence-corrected chi connectivity index (χ1v) is 5.91. The fraction of sp³-hybridized carbons (Fsp3) is 0.455. The lowest BCUT2D eigenvalue weighted by Gasteiger charge is -1.96. The van der Waals surface area contributed by atoms with Crippen molar-refractivity contribution in [1.29, 1.82) is 0 Å². The number of allylic oxidation sites excluding steroid dienone is 2. The van der Waals surface area contributed by atoms with E-state index in [9.17, 15) is 0 Å². The number of nitrogens with zero attached hydrogens (tertiary/aromatic N) is 2. The molecule has 1 saturated carbocycles. The summed E-state index contributed by atoms with van der Waals surface area (Å²) in [7, 11) is 0. The van der Waals surface area contributed by atoms with E-state index in [1.54, 1.807) is 24.2 Å². The van der Waals surface area contributed by atoms with Crippen LogP contribution in [0.15, 0.2) is 35.8 Å². The molecule has 1 heterocycles. The minimum absolute atomic E-state index is 0.816. The molecule has 1 aliphatic carbocycles. The van der Waals surface area contributed by atoms with Crippen LogP contribution < -0.4 is 0 Å². The predicted molar refractivity (Wildman–Crippen MR) is 59.2 cm³/mol. The summed E-state index contributed by atoms with van der Waals surface area (Å²) in [5, 5.41) is 0.902. The van der Waals surface area contributed by atoms with Gasteiger partial charge in [0.05, 0.1) is 0 Å². The van der Waals surface area contributed by atoms with E-state index in [1.165, 1.54) is 6.42 Å². The molecule has 0 N–H and O–H groups in total. The number of hydrogen-bond acceptors (Lipinski definition) is 3. The Labute approximate surface area is 88.9 Å². The molecule has 0 amide bonds. The highest BCUT2D eigenvalue weighted by atomic mass is 32.2. The molecule has 2 atom stereocenters. The van der Waals surface area contributed by atoms with Crippen LogP contribution in [0.1, 0.15) is 13.3 Å². The van der Waals surface area contributed by atoms with Gasteiger partial charge in [0.2, 0.25) is 0 Å². The van der Waals surface area contributed by atoms with E-state index in [2.05, 4.69) is 29.0 Å². The SMILES string of the molecule is C/C=C/C1CC1CSc1ncccn1. The highest BCUT2D eigenvalue weighted by Gasteiger charge is 2.34. The maximum absolute atomic E-state index is 4.18. The number of aromatic nitrogens is 2. The van der Waals surface area contributed by atoms with Gasteiger partial charge < -0.3 is 0 Å².